The summed E-state index contributed by atoms with van der Waals surface area (Å²) in [5.41, 5.74) is 3.72. The molecule has 2 aromatic carbocycles. The SMILES string of the molecule is CO[C@H]1C[C@H](Oc2cc(C#N)c(F)c(N3CCc4cc([C@@H]5C[C@H]5C(=O)O)ccc4C3)c2)C1. The van der Waals surface area contributed by atoms with E-state index >= 15 is 4.39 Å². The van der Waals surface area contributed by atoms with Crippen molar-refractivity contribution in [3.05, 3.63) is 58.4 Å². The number of carboxylic acids is 1. The fraction of sp³-hybridized carbons (Fsp3) is 0.440. The molecule has 0 amide bonds. The van der Waals surface area contributed by atoms with Gasteiger partial charge in [0.05, 0.1) is 23.3 Å². The van der Waals surface area contributed by atoms with Crippen LogP contribution < -0.4 is 9.64 Å². The number of nitriles is 1. The average Bonchev–Trinajstić information content (AvgIpc) is 3.57. The molecule has 2 aromatic rings. The molecule has 0 saturated heterocycles. The Labute approximate surface area is 186 Å². The zero-order valence-electron chi connectivity index (χ0n) is 17.9. The maximum absolute atomic E-state index is 15.1. The van der Waals surface area contributed by atoms with Crippen LogP contribution in [0.25, 0.3) is 0 Å². The van der Waals surface area contributed by atoms with Crippen molar-refractivity contribution in [3.63, 3.8) is 0 Å². The third kappa shape index (κ3) is 3.80. The van der Waals surface area contributed by atoms with Gasteiger partial charge in [0.1, 0.15) is 17.9 Å². The van der Waals surface area contributed by atoms with Gasteiger partial charge in [-0.1, -0.05) is 18.2 Å². The van der Waals surface area contributed by atoms with Crippen LogP contribution in [0.2, 0.25) is 0 Å². The summed E-state index contributed by atoms with van der Waals surface area (Å²) >= 11 is 0. The summed E-state index contributed by atoms with van der Waals surface area (Å²) in [6.07, 6.45) is 3.21. The van der Waals surface area contributed by atoms with E-state index in [1.807, 2.05) is 23.1 Å². The molecule has 2 aliphatic carbocycles. The van der Waals surface area contributed by atoms with Gasteiger partial charge < -0.3 is 19.5 Å². The van der Waals surface area contributed by atoms with Crippen LogP contribution >= 0.6 is 0 Å². The number of rotatable bonds is 6. The Balaban J connectivity index is 1.35. The summed E-state index contributed by atoms with van der Waals surface area (Å²) in [5, 5.41) is 18.6. The third-order valence-corrected chi connectivity index (χ3v) is 6.95. The van der Waals surface area contributed by atoms with Gasteiger partial charge in [-0.25, -0.2) is 4.39 Å². The minimum absolute atomic E-state index is 0.0161. The molecule has 0 unspecified atom stereocenters. The van der Waals surface area contributed by atoms with Crippen LogP contribution in [0.15, 0.2) is 30.3 Å². The molecule has 2 saturated carbocycles. The monoisotopic (exact) mass is 436 g/mol. The number of carbonyl (C=O) groups is 1. The minimum atomic E-state index is -0.732. The van der Waals surface area contributed by atoms with Crippen LogP contribution in [-0.2, 0) is 22.5 Å². The molecule has 3 aliphatic rings. The van der Waals surface area contributed by atoms with Crippen molar-refractivity contribution in [2.24, 2.45) is 5.92 Å². The van der Waals surface area contributed by atoms with Crippen LogP contribution in [0.3, 0.4) is 0 Å². The normalized spacial score (nSPS) is 26.0. The van der Waals surface area contributed by atoms with Gasteiger partial charge >= 0.3 is 5.97 Å². The predicted octanol–water partition coefficient (Wildman–Crippen LogP) is 4.00. The summed E-state index contributed by atoms with van der Waals surface area (Å²) in [6, 6.07) is 11.2. The van der Waals surface area contributed by atoms with Crippen LogP contribution in [0, 0.1) is 23.1 Å². The lowest BCUT2D eigenvalue weighted by Crippen LogP contribution is -2.39. The van der Waals surface area contributed by atoms with E-state index in [0.717, 1.165) is 30.4 Å². The van der Waals surface area contributed by atoms with Gasteiger partial charge in [0.2, 0.25) is 0 Å². The molecule has 32 heavy (non-hydrogen) atoms. The fourth-order valence-corrected chi connectivity index (χ4v) is 4.81. The van der Waals surface area contributed by atoms with E-state index in [2.05, 4.69) is 6.07 Å². The highest BCUT2D eigenvalue weighted by Crippen LogP contribution is 2.48. The number of anilines is 1. The summed E-state index contributed by atoms with van der Waals surface area (Å²) < 4.78 is 26.3. The molecule has 2 atom stereocenters. The molecule has 7 heteroatoms. The molecule has 0 aromatic heterocycles. The van der Waals surface area contributed by atoms with E-state index in [-0.39, 0.29) is 29.6 Å². The van der Waals surface area contributed by atoms with Gasteiger partial charge in [0.25, 0.3) is 0 Å². The van der Waals surface area contributed by atoms with E-state index in [4.69, 9.17) is 9.47 Å². The number of nitrogens with zero attached hydrogens (tertiary/aromatic N) is 2. The maximum Gasteiger partial charge on any atom is 0.307 e. The lowest BCUT2D eigenvalue weighted by Gasteiger charge is -2.35. The second-order valence-corrected chi connectivity index (χ2v) is 8.97. The second kappa shape index (κ2) is 8.10. The van der Waals surface area contributed by atoms with Crippen LogP contribution in [0.4, 0.5) is 10.1 Å². The van der Waals surface area contributed by atoms with Crippen LogP contribution in [-0.4, -0.2) is 36.9 Å². The van der Waals surface area contributed by atoms with Crippen molar-refractivity contribution in [2.45, 2.75) is 50.4 Å². The zero-order chi connectivity index (χ0) is 22.4. The van der Waals surface area contributed by atoms with Crippen molar-refractivity contribution < 1.29 is 23.8 Å². The van der Waals surface area contributed by atoms with Gasteiger partial charge in [0.15, 0.2) is 5.82 Å². The molecule has 0 bridgehead atoms. The van der Waals surface area contributed by atoms with Gasteiger partial charge in [-0.2, -0.15) is 5.26 Å². The van der Waals surface area contributed by atoms with Crippen molar-refractivity contribution in [3.8, 4) is 11.8 Å². The number of hydrogen-bond acceptors (Lipinski definition) is 5. The molecule has 0 spiro atoms. The zero-order valence-corrected chi connectivity index (χ0v) is 17.9. The molecule has 1 heterocycles. The van der Waals surface area contributed by atoms with Crippen LogP contribution in [0.1, 0.15) is 47.4 Å². The van der Waals surface area contributed by atoms with Gasteiger partial charge in [-0.15, -0.1) is 0 Å². The Morgan fingerprint density at radius 2 is 2.00 bits per heavy atom. The Morgan fingerprint density at radius 3 is 2.69 bits per heavy atom. The molecular weight excluding hydrogens is 411 g/mol. The molecule has 1 aliphatic heterocycles. The number of fused-ring (bicyclic) bond motifs is 1. The van der Waals surface area contributed by atoms with Crippen LogP contribution in [0.5, 0.6) is 5.75 Å². The molecular formula is C25H25FN2O4. The standard InChI is InChI=1S/C25H25FN2O4/c1-31-18-8-20(9-18)32-19-7-17(12-27)24(26)23(10-19)28-5-4-14-6-15(2-3-16(14)13-28)21-11-22(21)25(29)30/h2-3,6-7,10,18,20-22H,4-5,8-9,11,13H2,1H3,(H,29,30)/t18-,20-,21-,22+/m0/s1. The van der Waals surface area contributed by atoms with E-state index < -0.39 is 11.8 Å². The quantitative estimate of drug-likeness (QED) is 0.737. The highest BCUT2D eigenvalue weighted by molar-refractivity contribution is 5.75. The highest BCUT2D eigenvalue weighted by Gasteiger charge is 2.44. The second-order valence-electron chi connectivity index (χ2n) is 8.97. The van der Waals surface area contributed by atoms with Crippen molar-refractivity contribution in [1.82, 2.24) is 0 Å². The number of carboxylic acid groups (broad SMARTS) is 1. The first-order valence-electron chi connectivity index (χ1n) is 11.0. The topological polar surface area (TPSA) is 82.8 Å². The fourth-order valence-electron chi connectivity index (χ4n) is 4.81. The average molecular weight is 436 g/mol. The number of aliphatic carboxylic acids is 1. The first-order valence-corrected chi connectivity index (χ1v) is 11.0. The first kappa shape index (κ1) is 20.8. The predicted molar refractivity (Wildman–Crippen MR) is 115 cm³/mol. The summed E-state index contributed by atoms with van der Waals surface area (Å²) in [4.78, 5) is 13.1. The molecule has 6 nitrogen and oxygen atoms in total. The summed E-state index contributed by atoms with van der Waals surface area (Å²) in [7, 11) is 1.68. The molecule has 1 N–H and O–H groups in total. The van der Waals surface area contributed by atoms with Gasteiger partial charge in [-0.3, -0.25) is 4.79 Å². The number of hydrogen-bond donors (Lipinski definition) is 1. The summed E-state index contributed by atoms with van der Waals surface area (Å²) in [5.74, 6) is -0.921. The third-order valence-electron chi connectivity index (χ3n) is 6.95. The number of benzene rings is 2. The molecule has 5 rings (SSSR count). The highest BCUT2D eigenvalue weighted by atomic mass is 19.1. The van der Waals surface area contributed by atoms with Gasteiger partial charge in [-0.05, 0) is 35.4 Å². The van der Waals surface area contributed by atoms with E-state index in [1.165, 1.54) is 11.6 Å². The molecule has 2 fully saturated rings. The first-order chi connectivity index (χ1) is 15.5. The number of ether oxygens (including phenoxy) is 2. The smallest absolute Gasteiger partial charge is 0.307 e. The Hall–Kier alpha value is -3.11. The van der Waals surface area contributed by atoms with Gasteiger partial charge in [0, 0.05) is 45.2 Å². The minimum Gasteiger partial charge on any atom is -0.490 e. The van der Waals surface area contributed by atoms with E-state index in [0.29, 0.717) is 30.9 Å². The van der Waals surface area contributed by atoms with Crippen molar-refractivity contribution in [1.29, 1.82) is 5.26 Å². The van der Waals surface area contributed by atoms with Crippen molar-refractivity contribution >= 4 is 11.7 Å². The lowest BCUT2D eigenvalue weighted by molar-refractivity contribution is -0.138. The number of methoxy groups -OCH3 is 1. The maximum atomic E-state index is 15.1. The lowest BCUT2D eigenvalue weighted by atomic mass is 9.92. The molecule has 166 valence electrons. The Kier molecular flexibility index (Phi) is 5.26. The van der Waals surface area contributed by atoms with Crippen molar-refractivity contribution in [2.75, 3.05) is 18.6 Å². The molecule has 0 radical (unpaired) electrons. The Bertz CT molecular complexity index is 1110. The van der Waals surface area contributed by atoms with E-state index in [9.17, 15) is 15.2 Å². The Morgan fingerprint density at radius 1 is 1.19 bits per heavy atom. The largest absolute Gasteiger partial charge is 0.490 e. The number of halogens is 1. The van der Waals surface area contributed by atoms with E-state index in [1.54, 1.807) is 13.2 Å². The summed E-state index contributed by atoms with van der Waals surface area (Å²) in [6.45, 7) is 1.15.